The third kappa shape index (κ3) is 5.64. The predicted octanol–water partition coefficient (Wildman–Crippen LogP) is 1.08. The van der Waals surface area contributed by atoms with E-state index >= 15 is 0 Å². The molecule has 0 bridgehead atoms. The van der Waals surface area contributed by atoms with Gasteiger partial charge < -0.3 is 45.2 Å². The molecule has 0 saturated carbocycles. The van der Waals surface area contributed by atoms with Gasteiger partial charge in [0.1, 0.15) is 42.7 Å². The van der Waals surface area contributed by atoms with Crippen LogP contribution in [0.2, 0.25) is 0 Å². The molecule has 9 atom stereocenters. The van der Waals surface area contributed by atoms with Crippen molar-refractivity contribution in [2.24, 2.45) is 0 Å². The van der Waals surface area contributed by atoms with Crippen molar-refractivity contribution in [2.45, 2.75) is 61.4 Å². The normalized spacial score (nSPS) is 33.2. The fourth-order valence-corrected chi connectivity index (χ4v) is 5.37. The van der Waals surface area contributed by atoms with Crippen molar-refractivity contribution in [2.75, 3.05) is 13.2 Å². The second kappa shape index (κ2) is 11.8. The van der Waals surface area contributed by atoms with E-state index in [-0.39, 0.29) is 13.0 Å². The van der Waals surface area contributed by atoms with Gasteiger partial charge >= 0.3 is 0 Å². The van der Waals surface area contributed by atoms with Crippen LogP contribution in [0.5, 0.6) is 0 Å². The van der Waals surface area contributed by atoms with Crippen LogP contribution in [0.3, 0.4) is 0 Å². The van der Waals surface area contributed by atoms with Crippen molar-refractivity contribution in [3.05, 3.63) is 83.9 Å². The molecule has 5 rings (SSSR count). The lowest BCUT2D eigenvalue weighted by Gasteiger charge is -2.40. The van der Waals surface area contributed by atoms with Crippen molar-refractivity contribution in [1.29, 1.82) is 0 Å². The van der Waals surface area contributed by atoms with Gasteiger partial charge in [0.2, 0.25) is 0 Å². The summed E-state index contributed by atoms with van der Waals surface area (Å²) in [6.07, 6.45) is -9.31. The molecule has 2 heterocycles. The molecule has 9 heteroatoms. The number of rotatable bonds is 6. The first kappa shape index (κ1) is 27.9. The molecule has 9 nitrogen and oxygen atoms in total. The van der Waals surface area contributed by atoms with E-state index < -0.39 is 61.5 Å². The lowest BCUT2D eigenvalue weighted by atomic mass is 9.89. The maximum Gasteiger partial charge on any atom is 0.113 e. The standard InChI is InChI=1S/C30H34O9/c31-14-22-13-23(33)25(34)29(38-22)20-5-1-3-18(11-20)16-7-9-17(10-8-16)19-4-2-6-21(12-19)30-28(37)27(36)26(35)24(15-32)39-30/h1-12,22-37H,13-15H2/t22-,23-,24+,25-,26+,27-,28-,29+,30+/m0/s1. The minimum atomic E-state index is -1.45. The molecule has 2 fully saturated rings. The molecular weight excluding hydrogens is 504 g/mol. The Hall–Kier alpha value is -2.70. The van der Waals surface area contributed by atoms with E-state index in [0.717, 1.165) is 22.3 Å². The molecule has 2 aliphatic heterocycles. The van der Waals surface area contributed by atoms with Crippen molar-refractivity contribution in [3.8, 4) is 22.3 Å². The van der Waals surface area contributed by atoms with Gasteiger partial charge in [0.25, 0.3) is 0 Å². The molecule has 0 radical (unpaired) electrons. The second-order valence-electron chi connectivity index (χ2n) is 10.2. The molecule has 39 heavy (non-hydrogen) atoms. The van der Waals surface area contributed by atoms with Gasteiger partial charge in [0, 0.05) is 6.42 Å². The summed E-state index contributed by atoms with van der Waals surface area (Å²) in [5, 5.41) is 70.5. The van der Waals surface area contributed by atoms with E-state index in [1.165, 1.54) is 0 Å². The number of hydrogen-bond acceptors (Lipinski definition) is 9. The van der Waals surface area contributed by atoms with Gasteiger partial charge in [-0.3, -0.25) is 0 Å². The van der Waals surface area contributed by atoms with Crippen LogP contribution in [-0.2, 0) is 9.47 Å². The Morgan fingerprint density at radius 1 is 0.564 bits per heavy atom. The third-order valence-corrected chi connectivity index (χ3v) is 7.63. The molecule has 0 unspecified atom stereocenters. The smallest absolute Gasteiger partial charge is 0.113 e. The van der Waals surface area contributed by atoms with Crippen LogP contribution in [0, 0.1) is 0 Å². The number of aliphatic hydroxyl groups is 7. The molecule has 208 valence electrons. The van der Waals surface area contributed by atoms with Gasteiger partial charge in [-0.2, -0.15) is 0 Å². The summed E-state index contributed by atoms with van der Waals surface area (Å²) >= 11 is 0. The highest BCUT2D eigenvalue weighted by atomic mass is 16.5. The summed E-state index contributed by atoms with van der Waals surface area (Å²) in [5.74, 6) is 0. The fraction of sp³-hybridized carbons (Fsp3) is 0.400. The number of ether oxygens (including phenoxy) is 2. The molecule has 0 spiro atoms. The van der Waals surface area contributed by atoms with Crippen LogP contribution in [0.4, 0.5) is 0 Å². The molecule has 3 aromatic carbocycles. The van der Waals surface area contributed by atoms with Crippen molar-refractivity contribution >= 4 is 0 Å². The summed E-state index contributed by atoms with van der Waals surface area (Å²) in [5.41, 5.74) is 4.89. The zero-order chi connectivity index (χ0) is 27.7. The molecule has 2 aliphatic rings. The van der Waals surface area contributed by atoms with Gasteiger partial charge in [-0.25, -0.2) is 0 Å². The molecule has 3 aromatic rings. The number of aliphatic hydroxyl groups excluding tert-OH is 7. The first-order valence-electron chi connectivity index (χ1n) is 13.0. The van der Waals surface area contributed by atoms with Crippen LogP contribution >= 0.6 is 0 Å². The summed E-state index contributed by atoms with van der Waals surface area (Å²) in [7, 11) is 0. The highest BCUT2D eigenvalue weighted by Gasteiger charge is 2.44. The maximum atomic E-state index is 10.5. The van der Waals surface area contributed by atoms with Crippen LogP contribution in [0.25, 0.3) is 22.3 Å². The average Bonchev–Trinajstić information content (AvgIpc) is 2.97. The highest BCUT2D eigenvalue weighted by molar-refractivity contribution is 5.71. The third-order valence-electron chi connectivity index (χ3n) is 7.63. The monoisotopic (exact) mass is 538 g/mol. The summed E-state index contributed by atoms with van der Waals surface area (Å²) < 4.78 is 11.5. The first-order valence-corrected chi connectivity index (χ1v) is 13.0. The van der Waals surface area contributed by atoms with Crippen LogP contribution in [-0.4, -0.2) is 91.7 Å². The first-order chi connectivity index (χ1) is 18.8. The summed E-state index contributed by atoms with van der Waals surface area (Å²) in [4.78, 5) is 0. The number of hydrogen-bond donors (Lipinski definition) is 7. The van der Waals surface area contributed by atoms with Gasteiger partial charge in [-0.05, 0) is 45.5 Å². The average molecular weight is 539 g/mol. The summed E-state index contributed by atoms with van der Waals surface area (Å²) in [6, 6.07) is 22.7. The molecular formula is C30H34O9. The lowest BCUT2D eigenvalue weighted by Crippen LogP contribution is -2.55. The highest BCUT2D eigenvalue weighted by Crippen LogP contribution is 2.36. The van der Waals surface area contributed by atoms with E-state index in [2.05, 4.69) is 0 Å². The molecule has 0 aromatic heterocycles. The van der Waals surface area contributed by atoms with Crippen molar-refractivity contribution in [3.63, 3.8) is 0 Å². The molecule has 2 saturated heterocycles. The van der Waals surface area contributed by atoms with E-state index in [9.17, 15) is 35.7 Å². The molecule has 7 N–H and O–H groups in total. The zero-order valence-electron chi connectivity index (χ0n) is 21.2. The molecule has 0 amide bonds. The van der Waals surface area contributed by atoms with Gasteiger partial charge in [-0.1, -0.05) is 60.7 Å². The predicted molar refractivity (Wildman–Crippen MR) is 141 cm³/mol. The second-order valence-corrected chi connectivity index (χ2v) is 10.2. The van der Waals surface area contributed by atoms with Crippen LogP contribution in [0.1, 0.15) is 29.8 Å². The lowest BCUT2D eigenvalue weighted by molar-refractivity contribution is -0.231. The van der Waals surface area contributed by atoms with Gasteiger partial charge in [-0.15, -0.1) is 0 Å². The van der Waals surface area contributed by atoms with E-state index in [0.29, 0.717) is 11.1 Å². The maximum absolute atomic E-state index is 10.5. The Morgan fingerprint density at radius 2 is 1.10 bits per heavy atom. The van der Waals surface area contributed by atoms with E-state index in [1.54, 1.807) is 6.07 Å². The Labute approximate surface area is 226 Å². The largest absolute Gasteiger partial charge is 0.394 e. The fourth-order valence-electron chi connectivity index (χ4n) is 5.37. The zero-order valence-corrected chi connectivity index (χ0v) is 21.2. The minimum absolute atomic E-state index is 0.174. The van der Waals surface area contributed by atoms with E-state index in [4.69, 9.17) is 9.47 Å². The van der Waals surface area contributed by atoms with Crippen molar-refractivity contribution in [1.82, 2.24) is 0 Å². The van der Waals surface area contributed by atoms with Gasteiger partial charge in [0.15, 0.2) is 0 Å². The van der Waals surface area contributed by atoms with Crippen molar-refractivity contribution < 1.29 is 45.2 Å². The minimum Gasteiger partial charge on any atom is -0.394 e. The summed E-state index contributed by atoms with van der Waals surface area (Å²) in [6.45, 7) is -0.725. The van der Waals surface area contributed by atoms with Gasteiger partial charge in [0.05, 0.1) is 25.4 Å². The van der Waals surface area contributed by atoms with Crippen LogP contribution in [0.15, 0.2) is 72.8 Å². The van der Waals surface area contributed by atoms with Crippen LogP contribution < -0.4 is 0 Å². The molecule has 0 aliphatic carbocycles. The Morgan fingerprint density at radius 3 is 1.62 bits per heavy atom. The SMILES string of the molecule is OC[C@@H]1C[C@H](O)[C@H](O)[C@@H](c2cccc(-c3ccc(-c4cccc([C@H]5O[C@H](CO)[C@@H](O)[C@H](O)[C@@H]5O)c4)cc3)c2)O1. The Bertz CT molecular complexity index is 1250. The Kier molecular flexibility index (Phi) is 8.43. The topological polar surface area (TPSA) is 160 Å². The van der Waals surface area contributed by atoms with E-state index in [1.807, 2.05) is 66.7 Å². The Balaban J connectivity index is 1.36. The quantitative estimate of drug-likeness (QED) is 0.244. The number of benzene rings is 3.